The van der Waals surface area contributed by atoms with Crippen LogP contribution in [0.1, 0.15) is 31.4 Å². The molecule has 9 heteroatoms. The Morgan fingerprint density at radius 1 is 1.07 bits per heavy atom. The fourth-order valence-corrected chi connectivity index (χ4v) is 5.70. The number of para-hydroxylation sites is 1. The maximum atomic E-state index is 12.6. The van der Waals surface area contributed by atoms with E-state index in [1.807, 2.05) is 18.3 Å². The van der Waals surface area contributed by atoms with Gasteiger partial charge in [-0.15, -0.1) is 4.40 Å². The maximum absolute atomic E-state index is 12.6. The summed E-state index contributed by atoms with van der Waals surface area (Å²) in [5.74, 6) is 1.43. The van der Waals surface area contributed by atoms with Gasteiger partial charge < -0.3 is 10.2 Å². The molecule has 3 aliphatic rings. The van der Waals surface area contributed by atoms with Gasteiger partial charge in [-0.25, -0.2) is 9.97 Å². The van der Waals surface area contributed by atoms with Gasteiger partial charge in [0.15, 0.2) is 0 Å². The minimum absolute atomic E-state index is 0.0572. The Bertz CT molecular complexity index is 1060. The van der Waals surface area contributed by atoms with Crippen LogP contribution in [0.15, 0.2) is 45.8 Å². The Kier molecular flexibility index (Phi) is 5.16. The standard InChI is InChI=1S/C21H26N6O2S/c28-30(29)19-8-2-1-7-18(19)24-20(25-30)16-6-5-11-26(14-16)15-17-9-10-22-21(23-17)27-12-3-4-13-27/h1-2,7-10,16H,3-6,11-15H2,(H,24,25)/t16-/m0/s1. The summed E-state index contributed by atoms with van der Waals surface area (Å²) in [5.41, 5.74) is 1.62. The van der Waals surface area contributed by atoms with Crippen molar-refractivity contribution in [3.63, 3.8) is 0 Å². The van der Waals surface area contributed by atoms with Crippen molar-refractivity contribution in [2.75, 3.05) is 36.4 Å². The van der Waals surface area contributed by atoms with E-state index in [1.165, 1.54) is 12.8 Å². The number of hydrogen-bond acceptors (Lipinski definition) is 7. The van der Waals surface area contributed by atoms with Gasteiger partial charge in [0.05, 0.1) is 11.4 Å². The lowest BCUT2D eigenvalue weighted by molar-refractivity contribution is 0.194. The van der Waals surface area contributed by atoms with Gasteiger partial charge in [0.1, 0.15) is 10.7 Å². The van der Waals surface area contributed by atoms with Gasteiger partial charge in [-0.1, -0.05) is 12.1 Å². The molecule has 5 rings (SSSR count). The molecule has 0 spiro atoms. The molecule has 4 heterocycles. The van der Waals surface area contributed by atoms with Gasteiger partial charge in [0, 0.05) is 38.3 Å². The van der Waals surface area contributed by atoms with Crippen LogP contribution < -0.4 is 10.2 Å². The molecule has 158 valence electrons. The summed E-state index contributed by atoms with van der Waals surface area (Å²) < 4.78 is 29.3. The highest BCUT2D eigenvalue weighted by atomic mass is 32.2. The minimum atomic E-state index is -3.65. The number of likely N-dealkylation sites (tertiary alicyclic amines) is 1. The van der Waals surface area contributed by atoms with E-state index in [2.05, 4.69) is 24.5 Å². The third-order valence-corrected chi connectivity index (χ3v) is 7.36. The molecule has 0 bridgehead atoms. The van der Waals surface area contributed by atoms with E-state index in [4.69, 9.17) is 4.98 Å². The summed E-state index contributed by atoms with van der Waals surface area (Å²) in [5, 5.41) is 3.26. The van der Waals surface area contributed by atoms with Crippen LogP contribution in [0.25, 0.3) is 0 Å². The van der Waals surface area contributed by atoms with Crippen molar-refractivity contribution >= 4 is 27.5 Å². The van der Waals surface area contributed by atoms with Crippen molar-refractivity contribution in [1.29, 1.82) is 0 Å². The molecule has 0 radical (unpaired) electrons. The largest absolute Gasteiger partial charge is 0.342 e. The quantitative estimate of drug-likeness (QED) is 0.803. The van der Waals surface area contributed by atoms with Crippen molar-refractivity contribution < 1.29 is 8.42 Å². The van der Waals surface area contributed by atoms with Crippen molar-refractivity contribution in [3.05, 3.63) is 42.2 Å². The number of sulfonamides is 1. The Morgan fingerprint density at radius 2 is 1.90 bits per heavy atom. The predicted octanol–water partition coefficient (Wildman–Crippen LogP) is 2.50. The lowest BCUT2D eigenvalue weighted by Gasteiger charge is -2.34. The number of nitrogens with one attached hydrogen (secondary N) is 1. The molecule has 0 saturated carbocycles. The summed E-state index contributed by atoms with van der Waals surface area (Å²) in [6.45, 7) is 4.51. The van der Waals surface area contributed by atoms with Crippen molar-refractivity contribution in [2.45, 2.75) is 37.1 Å². The molecule has 2 saturated heterocycles. The molecule has 2 aromatic rings. The van der Waals surface area contributed by atoms with Gasteiger partial charge in [0.2, 0.25) is 5.95 Å². The van der Waals surface area contributed by atoms with Crippen LogP contribution in [-0.2, 0) is 16.6 Å². The van der Waals surface area contributed by atoms with E-state index in [0.29, 0.717) is 11.5 Å². The number of anilines is 2. The van der Waals surface area contributed by atoms with Crippen LogP contribution in [0.3, 0.4) is 0 Å². The summed E-state index contributed by atoms with van der Waals surface area (Å²) in [6, 6.07) is 8.92. The normalized spacial score (nSPS) is 23.5. The SMILES string of the molecule is O=S1(=O)N=C([C@H]2CCCN(Cc3ccnc(N4CCCC4)n3)C2)Nc2ccccc21. The first-order chi connectivity index (χ1) is 14.6. The Balaban J connectivity index is 1.30. The van der Waals surface area contributed by atoms with Gasteiger partial charge in [-0.05, 0) is 50.4 Å². The summed E-state index contributed by atoms with van der Waals surface area (Å²) in [7, 11) is -3.65. The van der Waals surface area contributed by atoms with E-state index >= 15 is 0 Å². The highest BCUT2D eigenvalue weighted by Gasteiger charge is 2.31. The molecule has 1 atom stereocenters. The zero-order valence-electron chi connectivity index (χ0n) is 16.9. The van der Waals surface area contributed by atoms with Crippen LogP contribution in [-0.4, -0.2) is 55.3 Å². The number of benzene rings is 1. The highest BCUT2D eigenvalue weighted by molar-refractivity contribution is 7.90. The van der Waals surface area contributed by atoms with Gasteiger partial charge in [-0.2, -0.15) is 8.42 Å². The summed E-state index contributed by atoms with van der Waals surface area (Å²) in [6.07, 6.45) is 6.15. The number of rotatable bonds is 4. The average Bonchev–Trinajstić information content (AvgIpc) is 3.29. The van der Waals surface area contributed by atoms with Gasteiger partial charge >= 0.3 is 0 Å². The molecule has 0 amide bonds. The molecule has 1 N–H and O–H groups in total. The van der Waals surface area contributed by atoms with Crippen LogP contribution in [0, 0.1) is 5.92 Å². The Morgan fingerprint density at radius 3 is 2.77 bits per heavy atom. The highest BCUT2D eigenvalue weighted by Crippen LogP contribution is 2.30. The molecular formula is C21H26N6O2S. The van der Waals surface area contributed by atoms with Crippen LogP contribution in [0.5, 0.6) is 0 Å². The fourth-order valence-electron chi connectivity index (χ4n) is 4.50. The lowest BCUT2D eigenvalue weighted by Crippen LogP contribution is -2.41. The second kappa shape index (κ2) is 7.96. The zero-order chi connectivity index (χ0) is 20.6. The zero-order valence-corrected chi connectivity index (χ0v) is 17.7. The fraction of sp³-hybridized carbons (Fsp3) is 0.476. The predicted molar refractivity (Wildman–Crippen MR) is 116 cm³/mol. The molecule has 0 aliphatic carbocycles. The first-order valence-corrected chi connectivity index (χ1v) is 12.0. The number of piperidine rings is 1. The topological polar surface area (TPSA) is 90.8 Å². The summed E-state index contributed by atoms with van der Waals surface area (Å²) >= 11 is 0. The number of fused-ring (bicyclic) bond motifs is 1. The summed E-state index contributed by atoms with van der Waals surface area (Å²) in [4.78, 5) is 14.0. The van der Waals surface area contributed by atoms with Crippen LogP contribution in [0.2, 0.25) is 0 Å². The van der Waals surface area contributed by atoms with E-state index in [-0.39, 0.29) is 10.8 Å². The van der Waals surface area contributed by atoms with Crippen molar-refractivity contribution in [2.24, 2.45) is 10.3 Å². The molecule has 1 aromatic carbocycles. The molecule has 8 nitrogen and oxygen atoms in total. The average molecular weight is 427 g/mol. The minimum Gasteiger partial charge on any atom is -0.342 e. The van der Waals surface area contributed by atoms with Crippen LogP contribution in [0.4, 0.5) is 11.6 Å². The number of hydrogen-bond donors (Lipinski definition) is 1. The Hall–Kier alpha value is -2.52. The van der Waals surface area contributed by atoms with E-state index in [1.54, 1.807) is 18.2 Å². The third kappa shape index (κ3) is 3.91. The Labute approximate surface area is 177 Å². The number of nitrogens with zero attached hydrogens (tertiary/aromatic N) is 5. The first-order valence-electron chi connectivity index (χ1n) is 10.6. The van der Waals surface area contributed by atoms with Gasteiger partial charge in [-0.3, -0.25) is 4.90 Å². The lowest BCUT2D eigenvalue weighted by atomic mass is 9.96. The maximum Gasteiger partial charge on any atom is 0.286 e. The van der Waals surface area contributed by atoms with Crippen molar-refractivity contribution in [3.8, 4) is 0 Å². The number of amidine groups is 1. The molecule has 1 aromatic heterocycles. The number of aromatic nitrogens is 2. The second-order valence-electron chi connectivity index (χ2n) is 8.19. The molecule has 0 unspecified atom stereocenters. The first kappa shape index (κ1) is 19.4. The van der Waals surface area contributed by atoms with E-state index in [0.717, 1.165) is 57.2 Å². The third-order valence-electron chi connectivity index (χ3n) is 6.01. The van der Waals surface area contributed by atoms with Crippen LogP contribution >= 0.6 is 0 Å². The van der Waals surface area contributed by atoms with Gasteiger partial charge in [0.25, 0.3) is 10.0 Å². The molecule has 3 aliphatic heterocycles. The van der Waals surface area contributed by atoms with E-state index in [9.17, 15) is 8.42 Å². The molecule has 30 heavy (non-hydrogen) atoms. The monoisotopic (exact) mass is 426 g/mol. The molecule has 2 fully saturated rings. The second-order valence-corrected chi connectivity index (χ2v) is 9.76. The smallest absolute Gasteiger partial charge is 0.286 e. The molecular weight excluding hydrogens is 400 g/mol. The van der Waals surface area contributed by atoms with Crippen molar-refractivity contribution in [1.82, 2.24) is 14.9 Å². The van der Waals surface area contributed by atoms with E-state index < -0.39 is 10.0 Å².